The van der Waals surface area contributed by atoms with Crippen LogP contribution in [0.5, 0.6) is 23.0 Å². The molecule has 13 heteroatoms. The zero-order valence-electron chi connectivity index (χ0n) is 17.4. The van der Waals surface area contributed by atoms with Crippen molar-refractivity contribution < 1.29 is 38.3 Å². The van der Waals surface area contributed by atoms with Crippen molar-refractivity contribution in [1.82, 2.24) is 10.7 Å². The molecule has 0 bridgehead atoms. The molecule has 0 aliphatic carbocycles. The largest absolute Gasteiger partial charge is 0.488 e. The highest BCUT2D eigenvalue weighted by Gasteiger charge is 2.25. The zero-order valence-corrected chi connectivity index (χ0v) is 17.4. The van der Waals surface area contributed by atoms with Crippen LogP contribution in [0, 0.1) is 10.1 Å². The number of ether oxygens (including phenoxy) is 4. The zero-order chi connectivity index (χ0) is 24.0. The minimum Gasteiger partial charge on any atom is -0.488 e. The maximum absolute atomic E-state index is 12.2. The van der Waals surface area contributed by atoms with Crippen molar-refractivity contribution in [2.24, 2.45) is 5.10 Å². The van der Waals surface area contributed by atoms with Gasteiger partial charge in [-0.3, -0.25) is 24.5 Å². The van der Waals surface area contributed by atoms with Gasteiger partial charge in [-0.05, 0) is 30.3 Å². The molecule has 0 fully saturated rings. The summed E-state index contributed by atoms with van der Waals surface area (Å²) in [4.78, 5) is 46.1. The second-order valence-corrected chi connectivity index (χ2v) is 6.43. The highest BCUT2D eigenvalue weighted by atomic mass is 16.7. The Hall–Kier alpha value is -4.68. The molecule has 0 saturated heterocycles. The molecule has 2 N–H and O–H groups in total. The first-order valence-corrected chi connectivity index (χ1v) is 9.33. The number of methoxy groups -OCH3 is 1. The quantitative estimate of drug-likeness (QED) is 0.194. The number of nitrogens with one attached hydrogen (secondary N) is 2. The van der Waals surface area contributed by atoms with Crippen molar-refractivity contribution in [3.63, 3.8) is 0 Å². The second-order valence-electron chi connectivity index (χ2n) is 6.43. The van der Waals surface area contributed by atoms with Crippen molar-refractivity contribution in [2.75, 3.05) is 20.4 Å². The molecule has 0 radical (unpaired) electrons. The third kappa shape index (κ3) is 5.52. The molecule has 2 aromatic rings. The Morgan fingerprint density at radius 2 is 1.97 bits per heavy atom. The van der Waals surface area contributed by atoms with E-state index in [0.717, 1.165) is 13.1 Å². The van der Waals surface area contributed by atoms with E-state index in [4.69, 9.17) is 18.9 Å². The summed E-state index contributed by atoms with van der Waals surface area (Å²) in [6, 6.07) is 7.15. The third-order valence-corrected chi connectivity index (χ3v) is 4.20. The molecule has 0 spiro atoms. The van der Waals surface area contributed by atoms with E-state index in [0.29, 0.717) is 11.5 Å². The summed E-state index contributed by atoms with van der Waals surface area (Å²) in [5.41, 5.74) is 1.90. The van der Waals surface area contributed by atoms with Crippen LogP contribution in [0.4, 0.5) is 5.69 Å². The van der Waals surface area contributed by atoms with Gasteiger partial charge in [0.2, 0.25) is 12.5 Å². The first-order chi connectivity index (χ1) is 15.8. The van der Waals surface area contributed by atoms with E-state index in [1.807, 2.05) is 0 Å². The predicted octanol–water partition coefficient (Wildman–Crippen LogP) is 1.14. The van der Waals surface area contributed by atoms with E-state index in [2.05, 4.69) is 15.8 Å². The van der Waals surface area contributed by atoms with E-state index in [9.17, 15) is 24.5 Å². The highest BCUT2D eigenvalue weighted by molar-refractivity contribution is 5.97. The lowest BCUT2D eigenvalue weighted by molar-refractivity contribution is -0.385. The number of amides is 2. The van der Waals surface area contributed by atoms with Gasteiger partial charge in [0.05, 0.1) is 30.4 Å². The molecule has 3 rings (SSSR count). The Kier molecular flexibility index (Phi) is 7.03. The van der Waals surface area contributed by atoms with Crippen LogP contribution in [-0.2, 0) is 9.59 Å². The fourth-order valence-corrected chi connectivity index (χ4v) is 2.81. The number of carbonyl (C=O) groups is 3. The maximum atomic E-state index is 12.2. The highest BCUT2D eigenvalue weighted by Crippen LogP contribution is 2.39. The van der Waals surface area contributed by atoms with Gasteiger partial charge in [0.1, 0.15) is 0 Å². The topological polar surface area (TPSA) is 168 Å². The summed E-state index contributed by atoms with van der Waals surface area (Å²) in [5, 5.41) is 17.6. The first kappa shape index (κ1) is 23.0. The summed E-state index contributed by atoms with van der Waals surface area (Å²) < 4.78 is 20.3. The van der Waals surface area contributed by atoms with Crippen LogP contribution in [-0.4, -0.2) is 49.4 Å². The average Bonchev–Trinajstić information content (AvgIpc) is 3.25. The molecule has 1 aliphatic heterocycles. The average molecular weight is 458 g/mol. The Labute approximate surface area is 186 Å². The summed E-state index contributed by atoms with van der Waals surface area (Å²) in [5.74, 6) is -1.34. The van der Waals surface area contributed by atoms with E-state index in [1.165, 1.54) is 31.4 Å². The molecule has 1 aliphatic rings. The Bertz CT molecular complexity index is 1150. The van der Waals surface area contributed by atoms with E-state index >= 15 is 0 Å². The lowest BCUT2D eigenvalue weighted by Gasteiger charge is -2.09. The molecule has 0 atom stereocenters. The van der Waals surface area contributed by atoms with Crippen LogP contribution in [0.25, 0.3) is 0 Å². The van der Waals surface area contributed by atoms with Crippen molar-refractivity contribution in [3.8, 4) is 23.0 Å². The molecule has 1 heterocycles. The summed E-state index contributed by atoms with van der Waals surface area (Å²) >= 11 is 0. The molecule has 2 aromatic carbocycles. The number of esters is 1. The van der Waals surface area contributed by atoms with E-state index in [1.54, 1.807) is 6.07 Å². The van der Waals surface area contributed by atoms with Crippen LogP contribution in [0.1, 0.15) is 22.8 Å². The van der Waals surface area contributed by atoms with Crippen LogP contribution >= 0.6 is 0 Å². The molecular formula is C20H18N4O9. The van der Waals surface area contributed by atoms with Gasteiger partial charge in [0.25, 0.3) is 11.8 Å². The van der Waals surface area contributed by atoms with Crippen molar-refractivity contribution in [3.05, 3.63) is 51.6 Å². The number of hydrogen-bond acceptors (Lipinski definition) is 10. The Balaban J connectivity index is 1.62. The van der Waals surface area contributed by atoms with Crippen LogP contribution in [0.2, 0.25) is 0 Å². The van der Waals surface area contributed by atoms with Gasteiger partial charge in [-0.1, -0.05) is 0 Å². The van der Waals surface area contributed by atoms with Gasteiger partial charge in [0, 0.05) is 12.5 Å². The number of benzene rings is 2. The number of nitrogens with zero attached hydrogens (tertiary/aromatic N) is 2. The van der Waals surface area contributed by atoms with Gasteiger partial charge in [-0.25, -0.2) is 5.43 Å². The molecule has 13 nitrogen and oxygen atoms in total. The molecule has 0 aromatic heterocycles. The van der Waals surface area contributed by atoms with Crippen molar-refractivity contribution in [2.45, 2.75) is 6.92 Å². The van der Waals surface area contributed by atoms with Gasteiger partial charge in [0.15, 0.2) is 17.2 Å². The SMILES string of the molecule is COc1c(OC(C)=O)ccc(/C=N\NC(=O)CNC(=O)c2ccc3c(c2)OCO3)c1[N+](=O)[O-]. The molecular weight excluding hydrogens is 440 g/mol. The van der Waals surface area contributed by atoms with Gasteiger partial charge in [-0.2, -0.15) is 5.10 Å². The molecule has 0 unspecified atom stereocenters. The van der Waals surface area contributed by atoms with Crippen LogP contribution in [0.15, 0.2) is 35.4 Å². The van der Waals surface area contributed by atoms with Gasteiger partial charge >= 0.3 is 11.7 Å². The monoisotopic (exact) mass is 458 g/mol. The standard InChI is InChI=1S/C20H18N4O9/c1-11(25)33-15-6-4-13(18(24(28)29)19(15)30-2)8-22-23-17(26)9-21-20(27)12-3-5-14-16(7-12)32-10-31-14/h3-8H,9-10H2,1-2H3,(H,21,27)(H,23,26)/b22-8-. The van der Waals surface area contributed by atoms with Crippen LogP contribution < -0.4 is 29.7 Å². The first-order valence-electron chi connectivity index (χ1n) is 9.33. The predicted molar refractivity (Wildman–Crippen MR) is 112 cm³/mol. The van der Waals surface area contributed by atoms with Gasteiger partial charge < -0.3 is 24.3 Å². The second kappa shape index (κ2) is 10.1. The summed E-state index contributed by atoms with van der Waals surface area (Å²) in [6.45, 7) is 0.806. The minimum absolute atomic E-state index is 0.0163. The van der Waals surface area contributed by atoms with Crippen molar-refractivity contribution in [1.29, 1.82) is 0 Å². The van der Waals surface area contributed by atoms with E-state index in [-0.39, 0.29) is 29.4 Å². The normalized spacial score (nSPS) is 11.7. The number of carbonyl (C=O) groups excluding carboxylic acids is 3. The number of fused-ring (bicyclic) bond motifs is 1. The molecule has 172 valence electrons. The number of rotatable bonds is 8. The van der Waals surface area contributed by atoms with Gasteiger partial charge in [-0.15, -0.1) is 0 Å². The number of nitro benzene ring substituents is 1. The molecule has 0 saturated carbocycles. The minimum atomic E-state index is -0.736. The molecule has 33 heavy (non-hydrogen) atoms. The van der Waals surface area contributed by atoms with Crippen molar-refractivity contribution >= 4 is 29.7 Å². The smallest absolute Gasteiger partial charge is 0.323 e. The lowest BCUT2D eigenvalue weighted by Crippen LogP contribution is -2.34. The van der Waals surface area contributed by atoms with Crippen LogP contribution in [0.3, 0.4) is 0 Å². The third-order valence-electron chi connectivity index (χ3n) is 4.20. The summed E-state index contributed by atoms with van der Waals surface area (Å²) in [7, 11) is 1.18. The maximum Gasteiger partial charge on any atom is 0.323 e. The summed E-state index contributed by atoms with van der Waals surface area (Å²) in [6.07, 6.45) is 1.02. The number of nitro groups is 1. The fraction of sp³-hybridized carbons (Fsp3) is 0.200. The Morgan fingerprint density at radius 3 is 2.67 bits per heavy atom. The lowest BCUT2D eigenvalue weighted by atomic mass is 10.1. The Morgan fingerprint density at radius 1 is 1.21 bits per heavy atom. The molecule has 2 amide bonds. The number of hydrazone groups is 1. The fourth-order valence-electron chi connectivity index (χ4n) is 2.81. The number of hydrogen-bond donors (Lipinski definition) is 2. The van der Waals surface area contributed by atoms with E-state index < -0.39 is 34.9 Å².